The number of aliphatic hydroxyl groups is 1. The molecule has 92 valence electrons. The number of phenols is 1. The van der Waals surface area contributed by atoms with E-state index in [0.717, 1.165) is 0 Å². The molecule has 2 unspecified atom stereocenters. The van der Waals surface area contributed by atoms with Crippen molar-refractivity contribution < 1.29 is 24.9 Å². The second kappa shape index (κ2) is 5.31. The first-order valence-corrected chi connectivity index (χ1v) is 4.92. The summed E-state index contributed by atoms with van der Waals surface area (Å²) in [5.41, 5.74) is 0.203. The van der Waals surface area contributed by atoms with Crippen molar-refractivity contribution >= 4 is 11.9 Å². The quantitative estimate of drug-likeness (QED) is 0.589. The predicted octanol–water partition coefficient (Wildman–Crippen LogP) is -0.0440. The van der Waals surface area contributed by atoms with Crippen LogP contribution in [0.15, 0.2) is 24.3 Å². The first-order valence-electron chi connectivity index (χ1n) is 4.92. The zero-order valence-electron chi connectivity index (χ0n) is 9.12. The Hall–Kier alpha value is -2.08. The van der Waals surface area contributed by atoms with E-state index in [0.29, 0.717) is 0 Å². The molecule has 4 N–H and O–H groups in total. The van der Waals surface area contributed by atoms with Crippen LogP contribution < -0.4 is 5.32 Å². The number of benzene rings is 1. The zero-order valence-corrected chi connectivity index (χ0v) is 9.12. The van der Waals surface area contributed by atoms with Gasteiger partial charge in [-0.2, -0.15) is 0 Å². The van der Waals surface area contributed by atoms with Crippen molar-refractivity contribution in [2.45, 2.75) is 19.1 Å². The summed E-state index contributed by atoms with van der Waals surface area (Å²) in [7, 11) is 0. The maximum atomic E-state index is 11.6. The third kappa shape index (κ3) is 3.46. The van der Waals surface area contributed by atoms with Crippen LogP contribution in [0.3, 0.4) is 0 Å². The van der Waals surface area contributed by atoms with Gasteiger partial charge in [-0.15, -0.1) is 0 Å². The van der Waals surface area contributed by atoms with Gasteiger partial charge in [-0.1, -0.05) is 0 Å². The van der Waals surface area contributed by atoms with E-state index in [1.54, 1.807) is 0 Å². The standard InChI is InChI=1S/C11H13NO5/c1-6(13)9(11(16)17)12-10(15)7-2-4-8(14)5-3-7/h2-6,9,13-14H,1H3,(H,12,15)(H,16,17). The predicted molar refractivity (Wildman–Crippen MR) is 58.7 cm³/mol. The third-order valence-corrected chi connectivity index (χ3v) is 2.16. The molecular weight excluding hydrogens is 226 g/mol. The number of aliphatic carboxylic acids is 1. The second-order valence-corrected chi connectivity index (χ2v) is 3.58. The maximum absolute atomic E-state index is 11.6. The molecular formula is C11H13NO5. The Labute approximate surface area is 97.5 Å². The van der Waals surface area contributed by atoms with Gasteiger partial charge in [-0.3, -0.25) is 4.79 Å². The number of carboxylic acids is 1. The van der Waals surface area contributed by atoms with Crippen molar-refractivity contribution in [2.75, 3.05) is 0 Å². The highest BCUT2D eigenvalue weighted by molar-refractivity contribution is 5.96. The van der Waals surface area contributed by atoms with Gasteiger partial charge >= 0.3 is 5.97 Å². The summed E-state index contributed by atoms with van der Waals surface area (Å²) in [4.78, 5) is 22.4. The summed E-state index contributed by atoms with van der Waals surface area (Å²) >= 11 is 0. The van der Waals surface area contributed by atoms with Gasteiger partial charge in [0.15, 0.2) is 6.04 Å². The summed E-state index contributed by atoms with van der Waals surface area (Å²) in [5.74, 6) is -1.93. The lowest BCUT2D eigenvalue weighted by Crippen LogP contribution is -2.47. The molecule has 0 aromatic heterocycles. The third-order valence-electron chi connectivity index (χ3n) is 2.16. The van der Waals surface area contributed by atoms with E-state index >= 15 is 0 Å². The molecule has 1 aromatic carbocycles. The molecule has 1 amide bonds. The molecule has 0 aliphatic rings. The topological polar surface area (TPSA) is 107 Å². The van der Waals surface area contributed by atoms with Crippen LogP contribution in [0.4, 0.5) is 0 Å². The SMILES string of the molecule is CC(O)C(NC(=O)c1ccc(O)cc1)C(=O)O. The number of rotatable bonds is 4. The van der Waals surface area contributed by atoms with Crippen molar-refractivity contribution in [3.8, 4) is 5.75 Å². The summed E-state index contributed by atoms with van der Waals surface area (Å²) in [5, 5.41) is 29.2. The molecule has 0 radical (unpaired) electrons. The second-order valence-electron chi connectivity index (χ2n) is 3.58. The Morgan fingerprint density at radius 1 is 1.24 bits per heavy atom. The normalized spacial score (nSPS) is 13.8. The van der Waals surface area contributed by atoms with Crippen LogP contribution in [0, 0.1) is 0 Å². The number of carbonyl (C=O) groups is 2. The van der Waals surface area contributed by atoms with Crippen molar-refractivity contribution in [3.63, 3.8) is 0 Å². The number of nitrogens with one attached hydrogen (secondary N) is 1. The van der Waals surface area contributed by atoms with Crippen LogP contribution in [0.25, 0.3) is 0 Å². The molecule has 0 aliphatic carbocycles. The van der Waals surface area contributed by atoms with E-state index in [1.165, 1.54) is 31.2 Å². The first-order chi connectivity index (χ1) is 7.91. The first kappa shape index (κ1) is 13.0. The number of hydrogen-bond acceptors (Lipinski definition) is 4. The lowest BCUT2D eigenvalue weighted by molar-refractivity contribution is -0.141. The summed E-state index contributed by atoms with van der Waals surface area (Å²) in [6, 6.07) is 3.97. The molecule has 0 spiro atoms. The zero-order chi connectivity index (χ0) is 13.0. The number of carbonyl (C=O) groups excluding carboxylic acids is 1. The lowest BCUT2D eigenvalue weighted by atomic mass is 10.1. The van der Waals surface area contributed by atoms with E-state index in [2.05, 4.69) is 5.32 Å². The van der Waals surface area contributed by atoms with Gasteiger partial charge in [0.2, 0.25) is 0 Å². The van der Waals surface area contributed by atoms with Gasteiger partial charge in [-0.05, 0) is 31.2 Å². The van der Waals surface area contributed by atoms with E-state index < -0.39 is 24.0 Å². The number of aliphatic hydroxyl groups excluding tert-OH is 1. The maximum Gasteiger partial charge on any atom is 0.328 e. The van der Waals surface area contributed by atoms with Crippen molar-refractivity contribution in [1.82, 2.24) is 5.32 Å². The highest BCUT2D eigenvalue weighted by atomic mass is 16.4. The largest absolute Gasteiger partial charge is 0.508 e. The average Bonchev–Trinajstić information content (AvgIpc) is 2.25. The van der Waals surface area contributed by atoms with Gasteiger partial charge in [0.05, 0.1) is 6.10 Å². The van der Waals surface area contributed by atoms with Crippen LogP contribution in [-0.2, 0) is 4.79 Å². The fourth-order valence-electron chi connectivity index (χ4n) is 1.23. The Morgan fingerprint density at radius 2 is 1.76 bits per heavy atom. The summed E-state index contributed by atoms with van der Waals surface area (Å²) in [6.07, 6.45) is -1.20. The smallest absolute Gasteiger partial charge is 0.328 e. The fraction of sp³-hybridized carbons (Fsp3) is 0.273. The highest BCUT2D eigenvalue weighted by Gasteiger charge is 2.25. The Balaban J connectivity index is 2.77. The molecule has 17 heavy (non-hydrogen) atoms. The van der Waals surface area contributed by atoms with E-state index in [4.69, 9.17) is 10.2 Å². The summed E-state index contributed by atoms with van der Waals surface area (Å²) < 4.78 is 0. The number of phenolic OH excluding ortho intramolecular Hbond substituents is 1. The van der Waals surface area contributed by atoms with E-state index in [9.17, 15) is 14.7 Å². The van der Waals surface area contributed by atoms with Crippen molar-refractivity contribution in [3.05, 3.63) is 29.8 Å². The number of aromatic hydroxyl groups is 1. The van der Waals surface area contributed by atoms with Crippen LogP contribution in [0.2, 0.25) is 0 Å². The van der Waals surface area contributed by atoms with Gasteiger partial charge in [0.1, 0.15) is 5.75 Å². The number of amides is 1. The minimum Gasteiger partial charge on any atom is -0.508 e. The summed E-state index contributed by atoms with van der Waals surface area (Å²) in [6.45, 7) is 1.27. The Morgan fingerprint density at radius 3 is 2.18 bits per heavy atom. The fourth-order valence-corrected chi connectivity index (χ4v) is 1.23. The molecule has 6 heteroatoms. The highest BCUT2D eigenvalue weighted by Crippen LogP contribution is 2.09. The monoisotopic (exact) mass is 239 g/mol. The van der Waals surface area contributed by atoms with Gasteiger partial charge < -0.3 is 20.6 Å². The molecule has 1 aromatic rings. The molecule has 0 fully saturated rings. The molecule has 0 saturated heterocycles. The van der Waals surface area contributed by atoms with E-state index in [-0.39, 0.29) is 11.3 Å². The van der Waals surface area contributed by atoms with Gasteiger partial charge in [0, 0.05) is 5.56 Å². The minimum atomic E-state index is -1.36. The molecule has 0 heterocycles. The van der Waals surface area contributed by atoms with Gasteiger partial charge in [-0.25, -0.2) is 4.79 Å². The van der Waals surface area contributed by atoms with E-state index in [1.807, 2.05) is 0 Å². The molecule has 0 saturated carbocycles. The van der Waals surface area contributed by atoms with Crippen molar-refractivity contribution in [1.29, 1.82) is 0 Å². The molecule has 0 bridgehead atoms. The molecule has 1 rings (SSSR count). The molecule has 6 nitrogen and oxygen atoms in total. The average molecular weight is 239 g/mol. The Kier molecular flexibility index (Phi) is 4.06. The van der Waals surface area contributed by atoms with Gasteiger partial charge in [0.25, 0.3) is 5.91 Å². The van der Waals surface area contributed by atoms with Crippen LogP contribution in [-0.4, -0.2) is 39.3 Å². The minimum absolute atomic E-state index is 0.00635. The van der Waals surface area contributed by atoms with Crippen LogP contribution in [0.1, 0.15) is 17.3 Å². The van der Waals surface area contributed by atoms with Crippen LogP contribution in [0.5, 0.6) is 5.75 Å². The molecule has 2 atom stereocenters. The molecule has 0 aliphatic heterocycles. The lowest BCUT2D eigenvalue weighted by Gasteiger charge is -2.16. The van der Waals surface area contributed by atoms with Crippen LogP contribution >= 0.6 is 0 Å². The van der Waals surface area contributed by atoms with Crippen molar-refractivity contribution in [2.24, 2.45) is 0 Å². The Bertz CT molecular complexity index is 412. The number of carboxylic acid groups (broad SMARTS) is 1. The number of hydrogen-bond donors (Lipinski definition) is 4.